The van der Waals surface area contributed by atoms with Crippen molar-refractivity contribution in [2.75, 3.05) is 38.1 Å². The molecule has 2 aliphatic rings. The summed E-state index contributed by atoms with van der Waals surface area (Å²) in [4.78, 5) is 16.3. The number of carbonyl (C=O) groups is 1. The maximum absolute atomic E-state index is 13.0. The Hall–Kier alpha value is -2.88. The molecule has 0 aliphatic carbocycles. The third-order valence-corrected chi connectivity index (χ3v) is 5.20. The fraction of sp³-hybridized carbons (Fsp3) is 0.421. The molecule has 0 saturated carbocycles. The van der Waals surface area contributed by atoms with E-state index < -0.39 is 11.7 Å². The van der Waals surface area contributed by atoms with Gasteiger partial charge in [0.25, 0.3) is 0 Å². The van der Waals surface area contributed by atoms with Gasteiger partial charge in [0.1, 0.15) is 5.75 Å². The highest BCUT2D eigenvalue weighted by atomic mass is 19.4. The van der Waals surface area contributed by atoms with Gasteiger partial charge in [-0.05, 0) is 24.3 Å². The third-order valence-electron chi connectivity index (χ3n) is 5.20. The Morgan fingerprint density at radius 1 is 1.17 bits per heavy atom. The number of hydrogen-bond acceptors (Lipinski definition) is 5. The first-order valence-corrected chi connectivity index (χ1v) is 9.33. The lowest BCUT2D eigenvalue weighted by atomic mass is 9.96. The average molecular weight is 407 g/mol. The Bertz CT molecular complexity index is 870. The molecule has 1 N–H and O–H groups in total. The summed E-state index contributed by atoms with van der Waals surface area (Å²) in [5, 5.41) is 10.3. The number of rotatable bonds is 2. The van der Waals surface area contributed by atoms with Gasteiger partial charge in [0.2, 0.25) is 0 Å². The number of anilines is 1. The van der Waals surface area contributed by atoms with E-state index in [1.807, 2.05) is 0 Å². The van der Waals surface area contributed by atoms with E-state index in [-0.39, 0.29) is 12.1 Å². The van der Waals surface area contributed by atoms with Crippen molar-refractivity contribution < 1.29 is 22.7 Å². The molecule has 3 heterocycles. The molecule has 2 amide bonds. The number of aromatic nitrogens is 2. The molecule has 1 fully saturated rings. The van der Waals surface area contributed by atoms with Crippen molar-refractivity contribution in [3.05, 3.63) is 47.7 Å². The number of benzene rings is 1. The number of amides is 2. The first kappa shape index (κ1) is 19.4. The molecule has 1 aromatic heterocycles. The lowest BCUT2D eigenvalue weighted by Gasteiger charge is -2.41. The highest BCUT2D eigenvalue weighted by Crippen LogP contribution is 2.40. The van der Waals surface area contributed by atoms with Crippen molar-refractivity contribution >= 4 is 11.8 Å². The number of halogens is 3. The Morgan fingerprint density at radius 2 is 1.97 bits per heavy atom. The molecule has 29 heavy (non-hydrogen) atoms. The molecule has 2 aliphatic heterocycles. The Morgan fingerprint density at radius 3 is 2.66 bits per heavy atom. The summed E-state index contributed by atoms with van der Waals surface area (Å²) in [7, 11) is 0. The predicted octanol–water partition coefficient (Wildman–Crippen LogP) is 3.17. The van der Waals surface area contributed by atoms with Crippen LogP contribution in [0.5, 0.6) is 5.75 Å². The van der Waals surface area contributed by atoms with Gasteiger partial charge in [-0.25, -0.2) is 4.79 Å². The highest BCUT2D eigenvalue weighted by Gasteiger charge is 2.35. The Kier molecular flexibility index (Phi) is 5.27. The fourth-order valence-electron chi connectivity index (χ4n) is 3.72. The van der Waals surface area contributed by atoms with Crippen LogP contribution in [-0.2, 0) is 6.18 Å². The van der Waals surface area contributed by atoms with Crippen LogP contribution in [0.3, 0.4) is 0 Å². The van der Waals surface area contributed by atoms with Gasteiger partial charge in [-0.3, -0.25) is 10.2 Å². The van der Waals surface area contributed by atoms with E-state index in [1.165, 1.54) is 12.3 Å². The fourth-order valence-corrected chi connectivity index (χ4v) is 3.72. The van der Waals surface area contributed by atoms with Gasteiger partial charge in [0, 0.05) is 50.4 Å². The molecule has 10 heteroatoms. The molecule has 0 unspecified atom stereocenters. The molecule has 4 rings (SSSR count). The summed E-state index contributed by atoms with van der Waals surface area (Å²) in [6, 6.07) is 6.77. The van der Waals surface area contributed by atoms with Crippen LogP contribution in [0.1, 0.15) is 23.6 Å². The second-order valence-corrected chi connectivity index (χ2v) is 6.97. The molecule has 2 aromatic rings. The molecule has 0 spiro atoms. The van der Waals surface area contributed by atoms with Gasteiger partial charge in [0.15, 0.2) is 5.82 Å². The predicted molar refractivity (Wildman–Crippen MR) is 98.5 cm³/mol. The first-order chi connectivity index (χ1) is 13.9. The van der Waals surface area contributed by atoms with Crippen LogP contribution in [0.15, 0.2) is 36.5 Å². The number of carbonyl (C=O) groups excluding carboxylic acids is 1. The van der Waals surface area contributed by atoms with Crippen LogP contribution in [0.4, 0.5) is 23.8 Å². The van der Waals surface area contributed by atoms with Crippen molar-refractivity contribution in [3.8, 4) is 5.75 Å². The molecule has 0 radical (unpaired) electrons. The molecule has 1 saturated heterocycles. The zero-order chi connectivity index (χ0) is 20.4. The van der Waals surface area contributed by atoms with E-state index in [2.05, 4.69) is 20.4 Å². The molecule has 1 aromatic carbocycles. The number of nitrogens with zero attached hydrogens (tertiary/aromatic N) is 4. The number of hydrogen-bond donors (Lipinski definition) is 1. The van der Waals surface area contributed by atoms with Crippen molar-refractivity contribution in [2.45, 2.75) is 18.6 Å². The van der Waals surface area contributed by atoms with E-state index >= 15 is 0 Å². The minimum absolute atomic E-state index is 0.0220. The average Bonchev–Trinajstić information content (AvgIpc) is 2.73. The van der Waals surface area contributed by atoms with Gasteiger partial charge >= 0.3 is 12.2 Å². The van der Waals surface area contributed by atoms with Crippen molar-refractivity contribution in [3.63, 3.8) is 0 Å². The summed E-state index contributed by atoms with van der Waals surface area (Å²) in [6.07, 6.45) is -2.17. The van der Waals surface area contributed by atoms with Gasteiger partial charge in [-0.2, -0.15) is 18.3 Å². The van der Waals surface area contributed by atoms with Crippen LogP contribution in [-0.4, -0.2) is 58.8 Å². The largest absolute Gasteiger partial charge is 0.493 e. The number of nitrogens with one attached hydrogen (secondary N) is 1. The topological polar surface area (TPSA) is 70.6 Å². The number of fused-ring (bicyclic) bond motifs is 1. The molecule has 154 valence electrons. The van der Waals surface area contributed by atoms with Crippen LogP contribution in [0, 0.1) is 0 Å². The van der Waals surface area contributed by atoms with Gasteiger partial charge in [-0.15, -0.1) is 5.10 Å². The number of ether oxygens (including phenoxy) is 1. The maximum Gasteiger partial charge on any atom is 0.416 e. The molecule has 0 bridgehead atoms. The zero-order valence-corrected chi connectivity index (χ0v) is 15.5. The Labute approximate surface area is 165 Å². The standard InChI is InChI=1S/C19H20F3N5O2/c20-19(21,22)13-3-4-14-15(5-11-29-16(14)12-13)26-7-9-27(10-8-26)18(28)24-17-2-1-6-23-25-17/h1-4,6,12,15H,5,7-11H2,(H,24,25,28)/t15-/m1/s1. The summed E-state index contributed by atoms with van der Waals surface area (Å²) in [6.45, 7) is 2.64. The Balaban J connectivity index is 1.40. The minimum Gasteiger partial charge on any atom is -0.493 e. The third kappa shape index (κ3) is 4.26. The number of urea groups is 1. The van der Waals surface area contributed by atoms with E-state index in [4.69, 9.17) is 4.74 Å². The zero-order valence-electron chi connectivity index (χ0n) is 15.5. The highest BCUT2D eigenvalue weighted by molar-refractivity contribution is 5.88. The van der Waals surface area contributed by atoms with Crippen molar-refractivity contribution in [1.82, 2.24) is 20.0 Å². The van der Waals surface area contributed by atoms with Crippen LogP contribution >= 0.6 is 0 Å². The van der Waals surface area contributed by atoms with Crippen LogP contribution < -0.4 is 10.1 Å². The van der Waals surface area contributed by atoms with Crippen molar-refractivity contribution in [2.24, 2.45) is 0 Å². The molecular formula is C19H20F3N5O2. The van der Waals surface area contributed by atoms with Gasteiger partial charge in [0.05, 0.1) is 12.2 Å². The normalized spacial score (nSPS) is 20.0. The molecular weight excluding hydrogens is 387 g/mol. The van der Waals surface area contributed by atoms with Crippen LogP contribution in [0.2, 0.25) is 0 Å². The summed E-state index contributed by atoms with van der Waals surface area (Å²) in [5.74, 6) is 0.678. The van der Waals surface area contributed by atoms with Gasteiger partial charge < -0.3 is 9.64 Å². The smallest absolute Gasteiger partial charge is 0.416 e. The second kappa shape index (κ2) is 7.86. The molecule has 7 nitrogen and oxygen atoms in total. The second-order valence-electron chi connectivity index (χ2n) is 6.97. The van der Waals surface area contributed by atoms with E-state index in [0.717, 1.165) is 17.7 Å². The summed E-state index contributed by atoms with van der Waals surface area (Å²) >= 11 is 0. The van der Waals surface area contributed by atoms with E-state index in [1.54, 1.807) is 17.0 Å². The summed E-state index contributed by atoms with van der Waals surface area (Å²) in [5.41, 5.74) is 0.0594. The number of piperazine rings is 1. The van der Waals surface area contributed by atoms with Crippen molar-refractivity contribution in [1.29, 1.82) is 0 Å². The van der Waals surface area contributed by atoms with E-state index in [9.17, 15) is 18.0 Å². The lowest BCUT2D eigenvalue weighted by molar-refractivity contribution is -0.137. The quantitative estimate of drug-likeness (QED) is 0.828. The lowest BCUT2D eigenvalue weighted by Crippen LogP contribution is -2.51. The summed E-state index contributed by atoms with van der Waals surface area (Å²) < 4.78 is 44.4. The minimum atomic E-state index is -4.40. The SMILES string of the molecule is O=C(Nc1cccnn1)N1CCN([C@@H]2CCOc3cc(C(F)(F)F)ccc32)CC1. The van der Waals surface area contributed by atoms with E-state index in [0.29, 0.717) is 50.8 Å². The first-order valence-electron chi connectivity index (χ1n) is 9.33. The van der Waals surface area contributed by atoms with Crippen LogP contribution in [0.25, 0.3) is 0 Å². The monoisotopic (exact) mass is 407 g/mol. The maximum atomic E-state index is 13.0. The van der Waals surface area contributed by atoms with Gasteiger partial charge in [-0.1, -0.05) is 6.07 Å². The molecule has 1 atom stereocenters. The number of alkyl halides is 3.